The first-order chi connectivity index (χ1) is 17.2. The van der Waals surface area contributed by atoms with E-state index in [1.54, 1.807) is 17.0 Å². The number of aromatic nitrogens is 1. The molecule has 0 radical (unpaired) electrons. The summed E-state index contributed by atoms with van der Waals surface area (Å²) in [5, 5.41) is 0.632. The molecule has 0 N–H and O–H groups in total. The van der Waals surface area contributed by atoms with E-state index in [4.69, 9.17) is 4.98 Å². The van der Waals surface area contributed by atoms with Gasteiger partial charge < -0.3 is 4.90 Å². The maximum Gasteiger partial charge on any atom is 0.264 e. The molecule has 5 rings (SSSR count). The number of hydrogen-bond donors (Lipinski definition) is 0. The predicted molar refractivity (Wildman–Crippen MR) is 153 cm³/mol. The first kappa shape index (κ1) is 27.1. The summed E-state index contributed by atoms with van der Waals surface area (Å²) in [4.78, 5) is 22.2. The number of carbonyl (C=O) groups excluding carboxylic acids is 1. The minimum Gasteiger partial charge on any atom is -0.308 e. The molecule has 1 aliphatic heterocycles. The number of amides is 1. The number of sulfonamides is 1. The molecule has 0 saturated carbocycles. The maximum atomic E-state index is 13.6. The van der Waals surface area contributed by atoms with E-state index in [9.17, 15) is 13.2 Å². The Bertz CT molecular complexity index is 1540. The molecular weight excluding hydrogens is 528 g/mol. The van der Waals surface area contributed by atoms with Crippen LogP contribution in [0.5, 0.6) is 0 Å². The van der Waals surface area contributed by atoms with Crippen molar-refractivity contribution in [1.82, 2.24) is 9.88 Å². The molecule has 37 heavy (non-hydrogen) atoms. The Labute approximate surface area is 227 Å². The fourth-order valence-electron chi connectivity index (χ4n) is 4.33. The second-order valence-corrected chi connectivity index (χ2v) is 12.1. The van der Waals surface area contributed by atoms with E-state index in [1.807, 2.05) is 62.3 Å². The molecule has 0 fully saturated rings. The van der Waals surface area contributed by atoms with E-state index in [-0.39, 0.29) is 23.2 Å². The Morgan fingerprint density at radius 2 is 1.76 bits per heavy atom. The molecule has 0 saturated heterocycles. The molecule has 0 atom stereocenters. The van der Waals surface area contributed by atoms with Crippen LogP contribution in [0.25, 0.3) is 10.2 Å². The van der Waals surface area contributed by atoms with Crippen molar-refractivity contribution in [3.05, 3.63) is 83.4 Å². The molecule has 0 unspecified atom stereocenters. The Kier molecular flexibility index (Phi) is 7.89. The number of thiazole rings is 1. The van der Waals surface area contributed by atoms with Crippen molar-refractivity contribution in [2.45, 2.75) is 18.2 Å². The van der Waals surface area contributed by atoms with Crippen molar-refractivity contribution >= 4 is 60.7 Å². The lowest BCUT2D eigenvalue weighted by Gasteiger charge is -2.22. The molecule has 1 aromatic heterocycles. The van der Waals surface area contributed by atoms with Crippen molar-refractivity contribution in [2.75, 3.05) is 42.9 Å². The summed E-state index contributed by atoms with van der Waals surface area (Å²) in [6.07, 6.45) is 0.689. The van der Waals surface area contributed by atoms with Gasteiger partial charge >= 0.3 is 0 Å². The highest BCUT2D eigenvalue weighted by atomic mass is 35.5. The minimum absolute atomic E-state index is 0. The van der Waals surface area contributed by atoms with Gasteiger partial charge in [0.1, 0.15) is 0 Å². The van der Waals surface area contributed by atoms with Crippen LogP contribution in [-0.4, -0.2) is 57.9 Å². The van der Waals surface area contributed by atoms with Crippen molar-refractivity contribution < 1.29 is 13.2 Å². The Balaban J connectivity index is 0.00000320. The van der Waals surface area contributed by atoms with Crippen LogP contribution in [0.1, 0.15) is 21.5 Å². The summed E-state index contributed by atoms with van der Waals surface area (Å²) in [6.45, 7) is 3.58. The smallest absolute Gasteiger partial charge is 0.264 e. The number of carbonyl (C=O) groups is 1. The van der Waals surface area contributed by atoms with Crippen molar-refractivity contribution in [3.8, 4) is 0 Å². The van der Waals surface area contributed by atoms with Crippen molar-refractivity contribution in [1.29, 1.82) is 0 Å². The summed E-state index contributed by atoms with van der Waals surface area (Å²) in [7, 11) is 0.199. The van der Waals surface area contributed by atoms with Crippen LogP contribution in [0.4, 0.5) is 10.8 Å². The maximum absolute atomic E-state index is 13.6. The summed E-state index contributed by atoms with van der Waals surface area (Å²) >= 11 is 1.48. The Hall–Kier alpha value is -2.98. The fourth-order valence-corrected chi connectivity index (χ4v) is 6.92. The second kappa shape index (κ2) is 10.8. The molecule has 0 aliphatic carbocycles. The van der Waals surface area contributed by atoms with Crippen molar-refractivity contribution in [2.24, 2.45) is 0 Å². The number of benzene rings is 3. The molecule has 2 heterocycles. The zero-order valence-corrected chi connectivity index (χ0v) is 23.4. The van der Waals surface area contributed by atoms with Gasteiger partial charge in [-0.15, -0.1) is 12.4 Å². The molecule has 1 amide bonds. The van der Waals surface area contributed by atoms with E-state index < -0.39 is 10.0 Å². The number of aryl methyl sites for hydroxylation is 1. The summed E-state index contributed by atoms with van der Waals surface area (Å²) < 4.78 is 29.2. The number of halogens is 1. The highest BCUT2D eigenvalue weighted by Gasteiger charge is 2.31. The molecule has 0 bridgehead atoms. The third-order valence-corrected chi connectivity index (χ3v) is 9.18. The average Bonchev–Trinajstić information content (AvgIpc) is 3.48. The summed E-state index contributed by atoms with van der Waals surface area (Å²) in [6, 6.07) is 19.8. The van der Waals surface area contributed by atoms with E-state index in [2.05, 4.69) is 6.07 Å². The molecule has 1 aliphatic rings. The Morgan fingerprint density at radius 1 is 1.03 bits per heavy atom. The third kappa shape index (κ3) is 5.36. The number of fused-ring (bicyclic) bond motifs is 2. The number of nitrogens with zero attached hydrogens (tertiary/aromatic N) is 4. The quantitative estimate of drug-likeness (QED) is 0.321. The molecule has 10 heteroatoms. The standard InChI is InChI=1S/C27H28N4O3S2.ClH/c1-19-8-13-23-25(18-19)35-27(28-23)30(17-16-29(2)3)26(32)21-9-11-22(12-10-21)36(33,34)31-15-14-20-6-4-5-7-24(20)31;/h4-13,18H,14-17H2,1-3H3;1H. The minimum atomic E-state index is -3.72. The van der Waals surface area contributed by atoms with Crippen LogP contribution in [-0.2, 0) is 16.4 Å². The number of para-hydroxylation sites is 1. The van der Waals surface area contributed by atoms with Gasteiger partial charge in [0.15, 0.2) is 5.13 Å². The highest BCUT2D eigenvalue weighted by molar-refractivity contribution is 7.92. The van der Waals surface area contributed by atoms with E-state index in [1.165, 1.54) is 27.8 Å². The van der Waals surface area contributed by atoms with Gasteiger partial charge in [-0.25, -0.2) is 13.4 Å². The zero-order chi connectivity index (χ0) is 25.4. The molecule has 3 aromatic carbocycles. The molecule has 7 nitrogen and oxygen atoms in total. The number of rotatable bonds is 7. The molecule has 0 spiro atoms. The summed E-state index contributed by atoms with van der Waals surface area (Å²) in [5.74, 6) is -0.205. The van der Waals surface area contributed by atoms with E-state index in [0.29, 0.717) is 36.8 Å². The van der Waals surface area contributed by atoms with Crippen LogP contribution in [0.15, 0.2) is 71.6 Å². The lowest BCUT2D eigenvalue weighted by Crippen LogP contribution is -2.36. The largest absolute Gasteiger partial charge is 0.308 e. The molecule has 4 aromatic rings. The van der Waals surface area contributed by atoms with Gasteiger partial charge in [0.05, 0.1) is 20.8 Å². The molecule has 194 valence electrons. The Morgan fingerprint density at radius 3 is 2.49 bits per heavy atom. The highest BCUT2D eigenvalue weighted by Crippen LogP contribution is 2.33. The van der Waals surface area contributed by atoms with E-state index >= 15 is 0 Å². The fraction of sp³-hybridized carbons (Fsp3) is 0.259. The average molecular weight is 557 g/mol. The van der Waals surface area contributed by atoms with Crippen LogP contribution in [0.2, 0.25) is 0 Å². The topological polar surface area (TPSA) is 73.8 Å². The number of likely N-dealkylation sites (N-methyl/N-ethyl adjacent to an activating group) is 1. The summed E-state index contributed by atoms with van der Waals surface area (Å²) in [5.41, 5.74) is 4.16. The van der Waals surface area contributed by atoms with Gasteiger partial charge in [0.25, 0.3) is 15.9 Å². The first-order valence-electron chi connectivity index (χ1n) is 11.8. The lowest BCUT2D eigenvalue weighted by atomic mass is 10.2. The number of anilines is 2. The third-order valence-electron chi connectivity index (χ3n) is 6.31. The van der Waals surface area contributed by atoms with Gasteiger partial charge in [-0.05, 0) is 81.0 Å². The second-order valence-electron chi connectivity index (χ2n) is 9.21. The van der Waals surface area contributed by atoms with Gasteiger partial charge in [0.2, 0.25) is 0 Å². The van der Waals surface area contributed by atoms with Gasteiger partial charge in [0, 0.05) is 25.2 Å². The van der Waals surface area contributed by atoms with Crippen LogP contribution >= 0.6 is 23.7 Å². The van der Waals surface area contributed by atoms with Crippen LogP contribution < -0.4 is 9.21 Å². The number of hydrogen-bond acceptors (Lipinski definition) is 6. The van der Waals surface area contributed by atoms with Crippen molar-refractivity contribution in [3.63, 3.8) is 0 Å². The van der Waals surface area contributed by atoms with E-state index in [0.717, 1.165) is 27.0 Å². The first-order valence-corrected chi connectivity index (χ1v) is 14.0. The van der Waals surface area contributed by atoms with Gasteiger partial charge in [-0.1, -0.05) is 35.6 Å². The normalized spacial score (nSPS) is 13.0. The molecular formula is C27H29ClN4O3S2. The zero-order valence-electron chi connectivity index (χ0n) is 20.9. The van der Waals surface area contributed by atoms with Gasteiger partial charge in [-0.2, -0.15) is 0 Å². The SMILES string of the molecule is Cc1ccc2nc(N(CCN(C)C)C(=O)c3ccc(S(=O)(=O)N4CCc5ccccc54)cc3)sc2c1.Cl. The van der Waals surface area contributed by atoms with Crippen LogP contribution in [0.3, 0.4) is 0 Å². The van der Waals surface area contributed by atoms with Gasteiger partial charge in [-0.3, -0.25) is 14.0 Å². The monoisotopic (exact) mass is 556 g/mol. The predicted octanol–water partition coefficient (Wildman–Crippen LogP) is 4.99. The van der Waals surface area contributed by atoms with Crippen LogP contribution in [0, 0.1) is 6.92 Å². The lowest BCUT2D eigenvalue weighted by molar-refractivity contribution is 0.0985.